The first-order chi connectivity index (χ1) is 9.13. The van der Waals surface area contributed by atoms with Crippen molar-refractivity contribution in [2.24, 2.45) is 10.2 Å². The Morgan fingerprint density at radius 2 is 1.95 bits per heavy atom. The first-order valence-corrected chi connectivity index (χ1v) is 5.64. The summed E-state index contributed by atoms with van der Waals surface area (Å²) in [4.78, 5) is 23.4. The molecule has 98 valence electrons. The zero-order chi connectivity index (χ0) is 13.8. The van der Waals surface area contributed by atoms with Crippen LogP contribution in [-0.4, -0.2) is 22.9 Å². The summed E-state index contributed by atoms with van der Waals surface area (Å²) in [6.45, 7) is 1.65. The van der Waals surface area contributed by atoms with Gasteiger partial charge in [-0.3, -0.25) is 9.89 Å². The van der Waals surface area contributed by atoms with Gasteiger partial charge in [0.1, 0.15) is 0 Å². The lowest BCUT2D eigenvalue weighted by Gasteiger charge is -1.96. The topological polar surface area (TPSA) is 91.6 Å². The van der Waals surface area contributed by atoms with Gasteiger partial charge in [-0.05, 0) is 19.1 Å². The third-order valence-electron chi connectivity index (χ3n) is 2.48. The van der Waals surface area contributed by atoms with Crippen LogP contribution >= 0.6 is 0 Å². The molecule has 1 amide bonds. The molecular formula is C12H13N5O2. The molecular weight excluding hydrogens is 246 g/mol. The number of aromatic amines is 1. The Bertz CT molecular complexity index is 669. The lowest BCUT2D eigenvalue weighted by Crippen LogP contribution is -2.32. The number of aromatic nitrogens is 2. The minimum atomic E-state index is -0.547. The van der Waals surface area contributed by atoms with Gasteiger partial charge in [-0.15, -0.1) is 5.11 Å². The van der Waals surface area contributed by atoms with E-state index in [1.54, 1.807) is 19.1 Å². The fourth-order valence-corrected chi connectivity index (χ4v) is 1.51. The van der Waals surface area contributed by atoms with E-state index in [2.05, 4.69) is 20.6 Å². The Morgan fingerprint density at radius 1 is 1.26 bits per heavy atom. The number of rotatable bonds is 2. The zero-order valence-corrected chi connectivity index (χ0v) is 10.5. The summed E-state index contributed by atoms with van der Waals surface area (Å²) < 4.78 is 0.856. The van der Waals surface area contributed by atoms with E-state index in [-0.39, 0.29) is 5.69 Å². The number of carbonyl (C=O) groups excluding carboxylic acids is 1. The van der Waals surface area contributed by atoms with E-state index in [0.29, 0.717) is 11.4 Å². The summed E-state index contributed by atoms with van der Waals surface area (Å²) in [5.74, 6) is 0. The molecule has 0 aliphatic heterocycles. The van der Waals surface area contributed by atoms with E-state index in [9.17, 15) is 9.59 Å². The largest absolute Gasteiger partial charge is 0.343 e. The van der Waals surface area contributed by atoms with Crippen LogP contribution in [0.25, 0.3) is 0 Å². The summed E-state index contributed by atoms with van der Waals surface area (Å²) in [7, 11) is 1.44. The number of hydrogen-bond donors (Lipinski definition) is 2. The van der Waals surface area contributed by atoms with Crippen molar-refractivity contribution in [3.8, 4) is 0 Å². The van der Waals surface area contributed by atoms with Gasteiger partial charge >= 0.3 is 11.6 Å². The quantitative estimate of drug-likeness (QED) is 0.808. The zero-order valence-electron chi connectivity index (χ0n) is 10.5. The molecule has 0 aliphatic rings. The van der Waals surface area contributed by atoms with Crippen molar-refractivity contribution >= 4 is 17.4 Å². The van der Waals surface area contributed by atoms with Crippen molar-refractivity contribution in [3.63, 3.8) is 0 Å². The van der Waals surface area contributed by atoms with Crippen LogP contribution in [0.3, 0.4) is 0 Å². The van der Waals surface area contributed by atoms with Crippen molar-refractivity contribution in [3.05, 3.63) is 46.4 Å². The number of nitrogens with one attached hydrogen (secondary N) is 2. The second-order valence-corrected chi connectivity index (χ2v) is 3.82. The van der Waals surface area contributed by atoms with Gasteiger partial charge in [-0.2, -0.15) is 9.80 Å². The van der Waals surface area contributed by atoms with Crippen LogP contribution < -0.4 is 10.9 Å². The number of azo groups is 1. The van der Waals surface area contributed by atoms with Crippen LogP contribution in [0.2, 0.25) is 0 Å². The molecule has 0 aliphatic carbocycles. The number of hydrogen-bond acceptors (Lipinski definition) is 4. The molecule has 0 bridgehead atoms. The maximum Gasteiger partial charge on any atom is 0.343 e. The van der Waals surface area contributed by atoms with Crippen molar-refractivity contribution in [1.82, 2.24) is 15.1 Å². The third kappa shape index (κ3) is 2.59. The maximum atomic E-state index is 11.9. The van der Waals surface area contributed by atoms with Crippen LogP contribution in [0.4, 0.5) is 16.2 Å². The van der Waals surface area contributed by atoms with Crippen molar-refractivity contribution < 1.29 is 4.79 Å². The Kier molecular flexibility index (Phi) is 3.56. The predicted octanol–water partition coefficient (Wildman–Crippen LogP) is 2.09. The Labute approximate surface area is 109 Å². The molecule has 0 saturated heterocycles. The van der Waals surface area contributed by atoms with Crippen molar-refractivity contribution in [2.75, 3.05) is 7.05 Å². The highest BCUT2D eigenvalue weighted by Crippen LogP contribution is 2.16. The number of benzene rings is 1. The van der Waals surface area contributed by atoms with Gasteiger partial charge in [0.05, 0.1) is 11.4 Å². The van der Waals surface area contributed by atoms with Gasteiger partial charge in [0.15, 0.2) is 5.69 Å². The molecule has 0 radical (unpaired) electrons. The highest BCUT2D eigenvalue weighted by molar-refractivity contribution is 5.76. The number of carbonyl (C=O) groups is 1. The van der Waals surface area contributed by atoms with Crippen LogP contribution in [-0.2, 0) is 0 Å². The van der Waals surface area contributed by atoms with E-state index in [4.69, 9.17) is 0 Å². The molecule has 0 unspecified atom stereocenters. The molecule has 2 rings (SSSR count). The highest BCUT2D eigenvalue weighted by atomic mass is 16.2. The molecule has 7 nitrogen and oxygen atoms in total. The van der Waals surface area contributed by atoms with E-state index in [0.717, 1.165) is 4.68 Å². The van der Waals surface area contributed by atoms with Crippen molar-refractivity contribution in [2.45, 2.75) is 6.92 Å². The van der Waals surface area contributed by atoms with Crippen molar-refractivity contribution in [1.29, 1.82) is 0 Å². The van der Waals surface area contributed by atoms with Crippen LogP contribution in [0, 0.1) is 6.92 Å². The van der Waals surface area contributed by atoms with E-state index >= 15 is 0 Å². The Morgan fingerprint density at radius 3 is 2.58 bits per heavy atom. The van der Waals surface area contributed by atoms with E-state index in [1.807, 2.05) is 18.2 Å². The summed E-state index contributed by atoms with van der Waals surface area (Å²) in [6, 6.07) is 8.49. The normalized spacial score (nSPS) is 10.8. The molecule has 2 N–H and O–H groups in total. The molecule has 1 aromatic carbocycles. The monoisotopic (exact) mass is 259 g/mol. The summed E-state index contributed by atoms with van der Waals surface area (Å²) in [5.41, 5.74) is 0.700. The SMILES string of the molecule is CNC(=O)n1[nH]c(C)c(N=Nc2ccccc2)c1=O. The standard InChI is InChI=1S/C12H13N5O2/c1-8-10(11(18)17(16-8)12(19)13-2)15-14-9-6-4-3-5-7-9/h3-7,16H,1-2H3,(H,13,19). The van der Waals surface area contributed by atoms with Gasteiger partial charge in [0.2, 0.25) is 0 Å². The van der Waals surface area contributed by atoms with Gasteiger partial charge in [0, 0.05) is 7.05 Å². The lowest BCUT2D eigenvalue weighted by atomic mass is 10.3. The maximum absolute atomic E-state index is 11.9. The second-order valence-electron chi connectivity index (χ2n) is 3.82. The fraction of sp³-hybridized carbons (Fsp3) is 0.167. The van der Waals surface area contributed by atoms with Gasteiger partial charge in [-0.1, -0.05) is 18.2 Å². The predicted molar refractivity (Wildman–Crippen MR) is 70.3 cm³/mol. The molecule has 0 spiro atoms. The van der Waals surface area contributed by atoms with Crippen LogP contribution in [0.5, 0.6) is 0 Å². The minimum absolute atomic E-state index is 0.118. The molecule has 0 saturated carbocycles. The Balaban J connectivity index is 2.37. The molecule has 2 aromatic rings. The first kappa shape index (κ1) is 12.7. The smallest absolute Gasteiger partial charge is 0.339 e. The summed E-state index contributed by atoms with van der Waals surface area (Å²) in [6.07, 6.45) is 0. The van der Waals surface area contributed by atoms with Gasteiger partial charge in [-0.25, -0.2) is 4.79 Å². The number of nitrogens with zero attached hydrogens (tertiary/aromatic N) is 3. The highest BCUT2D eigenvalue weighted by Gasteiger charge is 2.14. The Hall–Kier alpha value is -2.70. The lowest BCUT2D eigenvalue weighted by molar-refractivity contribution is 0.241. The fourth-order valence-electron chi connectivity index (χ4n) is 1.51. The van der Waals surface area contributed by atoms with Gasteiger partial charge in [0.25, 0.3) is 0 Å². The third-order valence-corrected chi connectivity index (χ3v) is 2.48. The second kappa shape index (κ2) is 5.30. The van der Waals surface area contributed by atoms with Crippen LogP contribution in [0.15, 0.2) is 45.4 Å². The first-order valence-electron chi connectivity index (χ1n) is 5.64. The molecule has 0 atom stereocenters. The van der Waals surface area contributed by atoms with Crippen LogP contribution in [0.1, 0.15) is 5.69 Å². The minimum Gasteiger partial charge on any atom is -0.339 e. The molecule has 1 heterocycles. The molecule has 0 fully saturated rings. The number of H-pyrrole nitrogens is 1. The van der Waals surface area contributed by atoms with E-state index < -0.39 is 11.6 Å². The molecule has 7 heteroatoms. The summed E-state index contributed by atoms with van der Waals surface area (Å²) >= 11 is 0. The summed E-state index contributed by atoms with van der Waals surface area (Å²) in [5, 5.41) is 12.8. The average Bonchev–Trinajstić information content (AvgIpc) is 2.72. The van der Waals surface area contributed by atoms with E-state index in [1.165, 1.54) is 7.05 Å². The van der Waals surface area contributed by atoms with Gasteiger partial charge < -0.3 is 5.32 Å². The average molecular weight is 259 g/mol. The number of aryl methyl sites for hydroxylation is 1. The number of amides is 1. The molecule has 1 aromatic heterocycles. The molecule has 19 heavy (non-hydrogen) atoms.